The summed E-state index contributed by atoms with van der Waals surface area (Å²) < 4.78 is 1.76. The van der Waals surface area contributed by atoms with Crippen LogP contribution in [-0.4, -0.2) is 32.0 Å². The highest BCUT2D eigenvalue weighted by Crippen LogP contribution is 2.54. The Labute approximate surface area is 156 Å². The van der Waals surface area contributed by atoms with E-state index in [4.69, 9.17) is 0 Å². The molecule has 1 saturated carbocycles. The van der Waals surface area contributed by atoms with Gasteiger partial charge in [-0.25, -0.2) is 14.5 Å². The summed E-state index contributed by atoms with van der Waals surface area (Å²) in [5, 5.41) is 14.2. The number of amides is 1. The van der Waals surface area contributed by atoms with Gasteiger partial charge in [0, 0.05) is 48.4 Å². The number of anilines is 1. The summed E-state index contributed by atoms with van der Waals surface area (Å²) in [6.07, 6.45) is 10.5. The van der Waals surface area contributed by atoms with E-state index in [1.165, 1.54) is 6.33 Å². The number of rotatable bonds is 3. The first-order chi connectivity index (χ1) is 13.1. The molecule has 1 saturated heterocycles. The molecule has 2 fully saturated rings. The summed E-state index contributed by atoms with van der Waals surface area (Å²) in [4.78, 5) is 23.2. The predicted molar refractivity (Wildman–Crippen MR) is 98.5 cm³/mol. The second kappa shape index (κ2) is 5.61. The van der Waals surface area contributed by atoms with E-state index in [0.717, 1.165) is 35.2 Å². The largest absolute Gasteiger partial charge is 0.309 e. The zero-order chi connectivity index (χ0) is 18.6. The van der Waals surface area contributed by atoms with Gasteiger partial charge in [0.2, 0.25) is 5.91 Å². The van der Waals surface area contributed by atoms with Crippen LogP contribution in [0.3, 0.4) is 0 Å². The van der Waals surface area contributed by atoms with Gasteiger partial charge in [0.1, 0.15) is 11.7 Å². The fourth-order valence-electron chi connectivity index (χ4n) is 4.34. The van der Waals surface area contributed by atoms with Crippen LogP contribution >= 0.6 is 0 Å². The van der Waals surface area contributed by atoms with Gasteiger partial charge in [0.25, 0.3) is 0 Å². The average Bonchev–Trinajstić information content (AvgIpc) is 3.39. The molecule has 2 atom stereocenters. The van der Waals surface area contributed by atoms with Crippen molar-refractivity contribution >= 4 is 17.1 Å². The van der Waals surface area contributed by atoms with Crippen molar-refractivity contribution in [2.45, 2.75) is 19.8 Å². The topological polar surface area (TPSA) is 87.2 Å². The lowest BCUT2D eigenvalue weighted by Crippen LogP contribution is -2.37. The number of nitriles is 1. The second-order valence-corrected chi connectivity index (χ2v) is 7.47. The Morgan fingerprint density at radius 1 is 1.26 bits per heavy atom. The van der Waals surface area contributed by atoms with Crippen molar-refractivity contribution < 1.29 is 4.79 Å². The number of carbonyl (C=O) groups is 1. The third-order valence-electron chi connectivity index (χ3n) is 5.91. The summed E-state index contributed by atoms with van der Waals surface area (Å²) in [5.41, 5.74) is 2.57. The zero-order valence-electron chi connectivity index (χ0n) is 14.9. The number of carbonyl (C=O) groups excluding carboxylic acids is 1. The molecule has 2 aliphatic rings. The van der Waals surface area contributed by atoms with Gasteiger partial charge in [-0.3, -0.25) is 4.79 Å². The van der Waals surface area contributed by atoms with E-state index in [1.54, 1.807) is 28.0 Å². The molecule has 4 heterocycles. The zero-order valence-corrected chi connectivity index (χ0v) is 14.9. The summed E-state index contributed by atoms with van der Waals surface area (Å²) in [7, 11) is 0. The van der Waals surface area contributed by atoms with E-state index in [1.807, 2.05) is 25.3 Å². The molecule has 0 aromatic carbocycles. The van der Waals surface area contributed by atoms with E-state index >= 15 is 0 Å². The van der Waals surface area contributed by atoms with Gasteiger partial charge in [0.15, 0.2) is 0 Å². The van der Waals surface area contributed by atoms with Gasteiger partial charge < -0.3 is 4.90 Å². The molecule has 27 heavy (non-hydrogen) atoms. The smallest absolute Gasteiger partial charge is 0.248 e. The van der Waals surface area contributed by atoms with Crippen LogP contribution in [0.5, 0.6) is 0 Å². The van der Waals surface area contributed by atoms with Crippen molar-refractivity contribution in [3.63, 3.8) is 0 Å². The minimum absolute atomic E-state index is 0.00710. The molecular formula is C20H18N6O. The fraction of sp³-hybridized carbons (Fsp3) is 0.350. The molecule has 1 aliphatic heterocycles. The first kappa shape index (κ1) is 15.9. The minimum Gasteiger partial charge on any atom is -0.309 e. The normalized spacial score (nSPS) is 25.1. The van der Waals surface area contributed by atoms with Crippen molar-refractivity contribution in [2.24, 2.45) is 17.3 Å². The lowest BCUT2D eigenvalue weighted by Gasteiger charge is -2.23. The fourth-order valence-corrected chi connectivity index (χ4v) is 4.34. The third kappa shape index (κ3) is 2.19. The van der Waals surface area contributed by atoms with Gasteiger partial charge in [-0.2, -0.15) is 10.4 Å². The predicted octanol–water partition coefficient (Wildman–Crippen LogP) is 2.69. The molecule has 0 unspecified atom stereocenters. The number of aromatic nitrogens is 4. The molecule has 5 rings (SSSR count). The van der Waals surface area contributed by atoms with Crippen LogP contribution in [-0.2, 0) is 4.79 Å². The van der Waals surface area contributed by atoms with Crippen LogP contribution in [0.1, 0.15) is 19.8 Å². The lowest BCUT2D eigenvalue weighted by molar-refractivity contribution is -0.124. The van der Waals surface area contributed by atoms with Gasteiger partial charge >= 0.3 is 0 Å². The van der Waals surface area contributed by atoms with Crippen molar-refractivity contribution in [1.82, 2.24) is 19.6 Å². The van der Waals surface area contributed by atoms with Crippen LogP contribution in [0.2, 0.25) is 0 Å². The van der Waals surface area contributed by atoms with Crippen molar-refractivity contribution in [1.29, 1.82) is 5.26 Å². The Hall–Kier alpha value is -3.27. The Morgan fingerprint density at radius 3 is 2.74 bits per heavy atom. The van der Waals surface area contributed by atoms with Crippen LogP contribution in [0.15, 0.2) is 43.2 Å². The van der Waals surface area contributed by atoms with Crippen molar-refractivity contribution in [2.75, 3.05) is 11.4 Å². The van der Waals surface area contributed by atoms with Crippen LogP contribution in [0.25, 0.3) is 16.6 Å². The maximum atomic E-state index is 13.3. The first-order valence-electron chi connectivity index (χ1n) is 9.11. The number of fused-ring (bicyclic) bond motifs is 1. The van der Waals surface area contributed by atoms with E-state index in [-0.39, 0.29) is 17.7 Å². The highest BCUT2D eigenvalue weighted by molar-refractivity contribution is 6.05. The number of hydrogen-bond acceptors (Lipinski definition) is 5. The Morgan fingerprint density at radius 2 is 2.04 bits per heavy atom. The Kier molecular flexibility index (Phi) is 3.31. The SMILES string of the molecule is C[C@@H]1CN(c2ccnn3cc(-c4cncnc4)cc23)C(=O)[C@]1(C#N)C1CC1. The number of hydrogen-bond donors (Lipinski definition) is 0. The molecule has 1 amide bonds. The summed E-state index contributed by atoms with van der Waals surface area (Å²) in [5.74, 6) is 0.128. The molecule has 0 bridgehead atoms. The maximum absolute atomic E-state index is 13.3. The summed E-state index contributed by atoms with van der Waals surface area (Å²) >= 11 is 0. The molecular weight excluding hydrogens is 340 g/mol. The lowest BCUT2D eigenvalue weighted by atomic mass is 9.75. The molecule has 0 spiro atoms. The molecule has 7 nitrogen and oxygen atoms in total. The van der Waals surface area contributed by atoms with Gasteiger partial charge in [-0.15, -0.1) is 0 Å². The maximum Gasteiger partial charge on any atom is 0.248 e. The Balaban J connectivity index is 1.61. The highest BCUT2D eigenvalue weighted by atomic mass is 16.2. The van der Waals surface area contributed by atoms with Crippen molar-refractivity contribution in [3.8, 4) is 17.2 Å². The van der Waals surface area contributed by atoms with E-state index in [2.05, 4.69) is 21.1 Å². The molecule has 0 N–H and O–H groups in total. The highest BCUT2D eigenvalue weighted by Gasteiger charge is 2.61. The monoisotopic (exact) mass is 358 g/mol. The summed E-state index contributed by atoms with van der Waals surface area (Å²) in [6, 6.07) is 6.23. The summed E-state index contributed by atoms with van der Waals surface area (Å²) in [6.45, 7) is 2.57. The van der Waals surface area contributed by atoms with E-state index in [0.29, 0.717) is 6.54 Å². The van der Waals surface area contributed by atoms with Crippen LogP contribution < -0.4 is 4.90 Å². The van der Waals surface area contributed by atoms with E-state index in [9.17, 15) is 10.1 Å². The molecule has 3 aromatic rings. The Bertz CT molecular complexity index is 1080. The van der Waals surface area contributed by atoms with Gasteiger partial charge in [-0.05, 0) is 30.9 Å². The average molecular weight is 358 g/mol. The number of nitrogens with zero attached hydrogens (tertiary/aromatic N) is 6. The molecule has 1 aliphatic carbocycles. The quantitative estimate of drug-likeness (QED) is 0.718. The third-order valence-corrected chi connectivity index (χ3v) is 5.91. The van der Waals surface area contributed by atoms with Gasteiger partial charge in [0.05, 0.1) is 17.3 Å². The van der Waals surface area contributed by atoms with Crippen LogP contribution in [0.4, 0.5) is 5.69 Å². The first-order valence-corrected chi connectivity index (χ1v) is 9.11. The van der Waals surface area contributed by atoms with Crippen molar-refractivity contribution in [3.05, 3.63) is 43.2 Å². The molecule has 3 aromatic heterocycles. The standard InChI is InChI=1S/C20H18N6O/c1-13-9-25(19(27)20(13,11-21)16-2-3-16)17-4-5-24-26-10-14(6-18(17)26)15-7-22-12-23-8-15/h4-8,10,12-13,16H,2-3,9H2,1H3/t13-,20+/m1/s1. The second-order valence-electron chi connectivity index (χ2n) is 7.47. The molecule has 134 valence electrons. The van der Waals surface area contributed by atoms with E-state index < -0.39 is 5.41 Å². The molecule has 7 heteroatoms. The minimum atomic E-state index is -0.886. The van der Waals surface area contributed by atoms with Gasteiger partial charge in [-0.1, -0.05) is 6.92 Å². The van der Waals surface area contributed by atoms with Crippen LogP contribution in [0, 0.1) is 28.6 Å². The molecule has 0 radical (unpaired) electrons.